The van der Waals surface area contributed by atoms with E-state index in [1.165, 1.54) is 0 Å². The minimum atomic E-state index is -1.63. The average molecular weight is 2170 g/mol. The van der Waals surface area contributed by atoms with Crippen molar-refractivity contribution in [3.63, 3.8) is 0 Å². The molecule has 37 heteroatoms. The monoisotopic (exact) mass is 2170 g/mol. The van der Waals surface area contributed by atoms with E-state index in [0.717, 1.165) is 12.0 Å². The van der Waals surface area contributed by atoms with E-state index in [9.17, 15) is 69.9 Å². The summed E-state index contributed by atoms with van der Waals surface area (Å²) in [5, 5.41) is 109. The second-order valence-corrected chi connectivity index (χ2v) is 49.4. The van der Waals surface area contributed by atoms with Crippen molar-refractivity contribution in [2.45, 2.75) is 525 Å². The van der Waals surface area contributed by atoms with E-state index in [0.29, 0.717) is 68.9 Å². The summed E-state index contributed by atoms with van der Waals surface area (Å²) in [6.07, 6.45) is -21.0. The molecule has 0 aliphatic carbocycles. The Balaban J connectivity index is 0.000000274. The van der Waals surface area contributed by atoms with E-state index in [1.54, 1.807) is 75.5 Å². The van der Waals surface area contributed by atoms with Crippen molar-refractivity contribution >= 4 is 54.9 Å². The van der Waals surface area contributed by atoms with Gasteiger partial charge in [-0.15, -0.1) is 0 Å². The summed E-state index contributed by atoms with van der Waals surface area (Å²) >= 11 is 4.53. The molecule has 0 amide bonds. The summed E-state index contributed by atoms with van der Waals surface area (Å²) in [7, 11) is 0. The van der Waals surface area contributed by atoms with E-state index in [2.05, 4.69) is 32.4 Å². The summed E-state index contributed by atoms with van der Waals surface area (Å²) in [5.74, 6) is -9.49. The first kappa shape index (κ1) is 127. The van der Waals surface area contributed by atoms with E-state index < -0.39 is 295 Å². The maximum atomic E-state index is 14.2. The first-order valence-corrected chi connectivity index (χ1v) is 56.5. The Morgan fingerprint density at radius 2 is 0.664 bits per heavy atom. The Hall–Kier alpha value is -4.05. The molecule has 0 aromatic carbocycles. The van der Waals surface area contributed by atoms with Crippen LogP contribution < -0.4 is 0 Å². The number of thiol groups is 1. The molecule has 11 saturated heterocycles. The largest absolute Gasteiger partial charge is 0.509 e. The molecule has 35 nitrogen and oxygen atoms in total. The number of rotatable bonds is 18. The molecule has 0 radical (unpaired) electrons. The van der Waals surface area contributed by atoms with Gasteiger partial charge in [-0.25, -0.2) is 9.59 Å². The van der Waals surface area contributed by atoms with Crippen LogP contribution in [0.5, 0.6) is 0 Å². The number of hydrogen-bond donors (Lipinski definition) is 11. The molecule has 10 N–H and O–H groups in total. The van der Waals surface area contributed by atoms with Crippen LogP contribution in [0.4, 0.5) is 9.59 Å². The lowest BCUT2D eigenvalue weighted by Gasteiger charge is -2.49. The zero-order valence-electron chi connectivity index (χ0n) is 97.5. The number of carbonyl (C=O) groups is 5. The summed E-state index contributed by atoms with van der Waals surface area (Å²) in [5.41, 5.74) is -5.26. The lowest BCUT2D eigenvalue weighted by molar-refractivity contribution is -0.312. The smallest absolute Gasteiger partial charge is 0.457 e. The fraction of sp³-hybridized carbons (Fsp3) is 0.902. The van der Waals surface area contributed by atoms with Crippen LogP contribution in [0, 0.1) is 105 Å². The van der Waals surface area contributed by atoms with E-state index in [4.69, 9.17) is 102 Å². The summed E-state index contributed by atoms with van der Waals surface area (Å²) in [6, 6.07) is 0. The Morgan fingerprint density at radius 1 is 0.362 bits per heavy atom. The van der Waals surface area contributed by atoms with Gasteiger partial charge in [0.15, 0.2) is 37.7 Å². The molecule has 0 saturated carbocycles. The maximum Gasteiger partial charge on any atom is 0.509 e. The molecule has 51 atom stereocenters. The number of aliphatic hydroxyl groups excluding tert-OH is 7. The molecule has 11 rings (SSSR count). The first-order chi connectivity index (χ1) is 70.0. The highest BCUT2D eigenvalue weighted by atomic mass is 32.2. The number of aliphatic hydroxyl groups is 10. The molecular formula is C112H194O35S2. The van der Waals surface area contributed by atoms with Crippen molar-refractivity contribution in [1.29, 1.82) is 1.43 Å². The Labute approximate surface area is 901 Å². The second-order valence-electron chi connectivity index (χ2n) is 49.0. The van der Waals surface area contributed by atoms with Crippen LogP contribution in [-0.4, -0.2) is 315 Å². The molecule has 4 bridgehead atoms. The van der Waals surface area contributed by atoms with Crippen molar-refractivity contribution in [3.8, 4) is 0 Å². The van der Waals surface area contributed by atoms with Gasteiger partial charge in [0.25, 0.3) is 0 Å². The van der Waals surface area contributed by atoms with Gasteiger partial charge in [0.05, 0.1) is 138 Å². The van der Waals surface area contributed by atoms with Gasteiger partial charge < -0.3 is 145 Å². The Morgan fingerprint density at radius 3 is 0.980 bits per heavy atom. The molecule has 864 valence electrons. The van der Waals surface area contributed by atoms with Gasteiger partial charge in [-0.2, -0.15) is 12.6 Å². The molecule has 149 heavy (non-hydrogen) atoms. The topological polar surface area (TPSA) is 472 Å². The summed E-state index contributed by atoms with van der Waals surface area (Å²) < 4.78 is 140. The van der Waals surface area contributed by atoms with Crippen molar-refractivity contribution < 1.29 is 171 Å². The first-order valence-electron chi connectivity index (χ1n) is 55.8. The van der Waals surface area contributed by atoms with E-state index in [1.807, 2.05) is 159 Å². The standard InChI is InChI=1S/C38H64O12S.C37H62O12.C36H64O11.CH4S/c1-14-26-21(5)30-22(6)28(47-36(41)48-30)19(3)16-38(12,42)33(49-35-29(50-51-13)18(2)15-20(4)43-35)23(7)31(24(8)34(40)45-26)46-27-17-37(10,11)32(39)25(9)44-27;1-13-25-20(5)29-21(6)28(47-35(41)48-29)18(3)15-37(12,42)32(49-34-27(38)17(2)14-19(4)43-34)22(7)30(23(8)33(40)45-25)46-26-16-36(10,11)31(39)24(9)44-26;1-13-25-20(5)29(39)21(6)27(37)18(3)15-36(12,42)32(47-34-28(38)17(2)14-19(4)43-34)22(7)30(23(8)33(41)45-25)46-26-16-35(10,11)31(40)24(9)44-26;1-2/h18-20,22-33,35,39,42H,5,14-17H2,1-4,6-13H3;17-19,21-32,34,38-39,42H,5,13-16H2,1-4,6-12H3;17-19,21-32,34,37-40,42H,5,13-16H2,1-4,6-12H3;2H,1H3/t18-,19+,20+,22-,23-,24+,25-,26+,27?,28-,29+,30-,31-,32-,33+,35?,38-;17-,18+,19+,21-,22-,23+,24-,25+,26?,27+,28-,29-,30-,31-,32+,34?,37-;17-,18+,19+,21-,22-,23+,24-,25+,26?,27-,28+,29-,30-,31-,32+,34?,36-;/m000./s1/i13T,39T;;;. The number of hydrogen-bond acceptors (Lipinski definition) is 37. The highest BCUT2D eigenvalue weighted by molar-refractivity contribution is 7.93. The predicted molar refractivity (Wildman–Crippen MR) is 561 cm³/mol. The highest BCUT2D eigenvalue weighted by Crippen LogP contribution is 2.51. The van der Waals surface area contributed by atoms with Gasteiger partial charge in [-0.3, -0.25) is 14.4 Å². The second kappa shape index (κ2) is 54.2. The van der Waals surface area contributed by atoms with Crippen molar-refractivity contribution in [1.82, 2.24) is 0 Å². The van der Waals surface area contributed by atoms with Crippen LogP contribution in [0.2, 0.25) is 0 Å². The SMILES string of the molecule is C=C1[C@@H](CC)OC(=O)[C@H](C)[C@@H](OC2CC(C)(C)[C@@H](O)[C@H](C)O2)[C@H](C)[C@@H](OC2O[C@H](C)C[C@H](C)[C@H]2O)[C@@](C)(O)C[C@@H](C)[C@@H]2OC(=O)O[C@@H]1[C@H]2C.C=C1[C@@H](CC)OC(=O)[C@H](C)[C@@H](OC2CC(C)(C)[C@@H](O)[C@H](C)O2)[C@H](C)[C@@H](OC2O[C@H](C)C[C@H](C)[C@H]2O)[C@@](C)(O)C[C@@H](C)[C@H](O)[C@H](C)[C@H]1O.CS.[3H]CSO[C@H]1C(O[C@@H]2[C@@H](C)[C@H](OC3CC(C)(C)[C@@H](O[3H])[C@H](C)O3)[C@@H](C)C(=O)O[C@H](CC)C(=C)[C@@H]3OC(=O)O[C@H]([C@@H]3C)[C@H](C)C[C@]2(C)O)O[C@H](C)C[C@@H]1C. The summed E-state index contributed by atoms with van der Waals surface area (Å²) in [4.78, 5) is 67.9. The number of cyclic esters (lactones) is 3. The molecule has 0 aromatic rings. The lowest BCUT2D eigenvalue weighted by Crippen LogP contribution is -2.58. The fourth-order valence-corrected chi connectivity index (χ4v) is 25.8. The van der Waals surface area contributed by atoms with Crippen molar-refractivity contribution in [3.05, 3.63) is 36.5 Å². The number of ether oxygens (including phenoxy) is 19. The fourth-order valence-electron chi connectivity index (χ4n) is 25.4. The highest BCUT2D eigenvalue weighted by Gasteiger charge is 2.59. The summed E-state index contributed by atoms with van der Waals surface area (Å²) in [6.45, 7) is 73.5. The minimum absolute atomic E-state index is 0.00602. The molecule has 11 fully saturated rings. The van der Waals surface area contributed by atoms with Crippen LogP contribution >= 0.6 is 24.7 Å². The molecule has 11 aliphatic heterocycles. The maximum absolute atomic E-state index is 14.2. The molecule has 0 spiro atoms. The third-order valence-electron chi connectivity index (χ3n) is 34.1. The van der Waals surface area contributed by atoms with E-state index >= 15 is 0 Å². The van der Waals surface area contributed by atoms with Crippen LogP contribution in [0.25, 0.3) is 0 Å². The molecule has 11 heterocycles. The van der Waals surface area contributed by atoms with Crippen LogP contribution in [-0.2, 0) is 109 Å². The van der Waals surface area contributed by atoms with Gasteiger partial charge in [-0.1, -0.05) is 165 Å². The van der Waals surface area contributed by atoms with Crippen LogP contribution in [0.1, 0.15) is 307 Å². The van der Waals surface area contributed by atoms with Crippen molar-refractivity contribution in [2.24, 2.45) is 105 Å². The minimum Gasteiger partial charge on any atom is -0.457 e. The van der Waals surface area contributed by atoms with Gasteiger partial charge in [0, 0.05) is 73.5 Å². The molecular weight excluding hydrogens is 1970 g/mol. The average Bonchev–Trinajstić information content (AvgIpc) is 0.773. The van der Waals surface area contributed by atoms with Gasteiger partial charge in [0.2, 0.25) is 1.43 Å². The van der Waals surface area contributed by atoms with Crippen LogP contribution in [0.3, 0.4) is 0 Å². The van der Waals surface area contributed by atoms with Crippen molar-refractivity contribution in [2.75, 3.05) is 12.5 Å². The Kier molecular flexibility index (Phi) is 46.1. The predicted octanol–water partition coefficient (Wildman–Crippen LogP) is 15.3. The molecule has 11 aliphatic rings. The van der Waals surface area contributed by atoms with Crippen LogP contribution in [0.15, 0.2) is 36.5 Å². The molecule has 6 unspecified atom stereocenters. The third kappa shape index (κ3) is 31.6. The third-order valence-corrected chi connectivity index (χ3v) is 34.4. The van der Waals surface area contributed by atoms with Gasteiger partial charge in [-0.05, 0) is 216 Å². The van der Waals surface area contributed by atoms with E-state index in [-0.39, 0.29) is 90.8 Å². The number of fused-ring (bicyclic) bond motifs is 4. The number of carbonyl (C=O) groups excluding carboxylic acids is 5. The Bertz CT molecular complexity index is 4320. The molecule has 0 aromatic heterocycles. The van der Waals surface area contributed by atoms with Gasteiger partial charge >= 0.3 is 30.2 Å². The zero-order chi connectivity index (χ0) is 114. The lowest BCUT2D eigenvalue weighted by atomic mass is 9.74. The normalized spacial score (nSPS) is 47.8. The number of esters is 3. The zero-order valence-corrected chi connectivity index (χ0v) is 97.2. The van der Waals surface area contributed by atoms with Gasteiger partial charge in [0.1, 0.15) is 61.0 Å². The quantitative estimate of drug-likeness (QED) is 0.0200.